The largest absolute Gasteiger partial charge is 0.466 e. The maximum atomic E-state index is 13.9. The number of rotatable bonds is 6. The molecular formula is C19H21F3O3Si. The third-order valence-corrected chi connectivity index (χ3v) is 6.68. The van der Waals surface area contributed by atoms with Crippen molar-refractivity contribution in [2.75, 3.05) is 13.3 Å². The van der Waals surface area contributed by atoms with Gasteiger partial charge in [-0.1, -0.05) is 78.9 Å². The lowest BCUT2D eigenvalue weighted by Crippen LogP contribution is -2.54. The van der Waals surface area contributed by atoms with E-state index in [1.54, 1.807) is 43.4 Å². The van der Waals surface area contributed by atoms with Crippen molar-refractivity contribution in [1.82, 2.24) is 0 Å². The molecule has 0 heterocycles. The smallest absolute Gasteiger partial charge is 0.432 e. The number of hydrogen-bond donors (Lipinski definition) is 0. The summed E-state index contributed by atoms with van der Waals surface area (Å²) in [4.78, 5) is 12.7. The number of alkyl halides is 3. The lowest BCUT2D eigenvalue weighted by molar-refractivity contribution is -0.275. The molecule has 2 aromatic carbocycles. The quantitative estimate of drug-likeness (QED) is 0.562. The van der Waals surface area contributed by atoms with Crippen LogP contribution in [0.1, 0.15) is 6.93 Å². The zero-order chi connectivity index (χ0) is 20.3. The van der Waals surface area contributed by atoms with Gasteiger partial charge >= 0.3 is 12.1 Å². The summed E-state index contributed by atoms with van der Waals surface area (Å²) in [5.74, 6) is -1.64. The minimum Gasteiger partial charge on any atom is -0.466 e. The molecule has 0 radical (unpaired) electrons. The number of benzene rings is 2. The first kappa shape index (κ1) is 18.7. The number of carbonyl (C=O) groups excluding carboxylic acids is 1. The molecule has 0 fully saturated rings. The van der Waals surface area contributed by atoms with Gasteiger partial charge in [0.15, 0.2) is 0 Å². The molecule has 3 nitrogen and oxygen atoms in total. The topological polar surface area (TPSA) is 35.5 Å². The summed E-state index contributed by atoms with van der Waals surface area (Å²) >= 11 is 0. The van der Waals surface area contributed by atoms with Crippen molar-refractivity contribution in [1.29, 1.82) is 0 Å². The molecule has 2 atom stereocenters. The van der Waals surface area contributed by atoms with E-state index in [1.807, 2.05) is 0 Å². The van der Waals surface area contributed by atoms with Gasteiger partial charge in [0.25, 0.3) is 5.60 Å². The molecule has 7 heteroatoms. The van der Waals surface area contributed by atoms with Crippen molar-refractivity contribution in [3.8, 4) is 0 Å². The van der Waals surface area contributed by atoms with Gasteiger partial charge in [-0.05, 0) is 0 Å². The van der Waals surface area contributed by atoms with Crippen LogP contribution in [0.5, 0.6) is 0 Å². The van der Waals surface area contributed by atoms with Gasteiger partial charge in [0.2, 0.25) is 0 Å². The van der Waals surface area contributed by atoms with Gasteiger partial charge in [-0.15, -0.1) is 0 Å². The summed E-state index contributed by atoms with van der Waals surface area (Å²) < 4.78 is 59.7. The molecule has 0 aliphatic carbocycles. The Labute approximate surface area is 153 Å². The molecule has 0 saturated heterocycles. The lowest BCUT2D eigenvalue weighted by atomic mass is 9.93. The van der Waals surface area contributed by atoms with Gasteiger partial charge in [-0.3, -0.25) is 0 Å². The fourth-order valence-electron chi connectivity index (χ4n) is 2.61. The fourth-order valence-corrected chi connectivity index (χ4v) is 4.20. The average Bonchev–Trinajstić information content (AvgIpc) is 2.63. The summed E-state index contributed by atoms with van der Waals surface area (Å²) in [5.41, 5.74) is -3.68. The standard InChI is InChI=1S/C19H21F3O3Si/c1-24-18(19(20,21)22,15-10-6-4-7-11-15)17(23)25-14-26(2,3)16-12-8-5-9-13-16/h4-13H,14H2,1-3H3/t18-/m1/s1/i14D/t14-,18+/m0. The summed E-state index contributed by atoms with van der Waals surface area (Å²) in [6.45, 7) is 3.52. The molecule has 0 unspecified atom stereocenters. The van der Waals surface area contributed by atoms with Gasteiger partial charge < -0.3 is 9.47 Å². The van der Waals surface area contributed by atoms with Crippen LogP contribution in [0.2, 0.25) is 13.1 Å². The highest BCUT2D eigenvalue weighted by Crippen LogP contribution is 2.43. The first-order valence-corrected chi connectivity index (χ1v) is 11.0. The first-order valence-electron chi connectivity index (χ1n) is 8.51. The van der Waals surface area contributed by atoms with Crippen LogP contribution in [0.15, 0.2) is 60.7 Å². The minimum absolute atomic E-state index is 0.392. The Hall–Kier alpha value is -2.12. The number of ether oxygens (including phenoxy) is 2. The Morgan fingerprint density at radius 3 is 2.00 bits per heavy atom. The highest BCUT2D eigenvalue weighted by atomic mass is 28.3. The van der Waals surface area contributed by atoms with Crippen LogP contribution in [0, 0.1) is 0 Å². The average molecular weight is 383 g/mol. The molecule has 0 amide bonds. The third-order valence-electron chi connectivity index (χ3n) is 4.15. The van der Waals surface area contributed by atoms with Crippen molar-refractivity contribution in [2.24, 2.45) is 0 Å². The zero-order valence-electron chi connectivity index (χ0n) is 15.7. The minimum atomic E-state index is -5.06. The van der Waals surface area contributed by atoms with Crippen molar-refractivity contribution >= 4 is 19.2 Å². The molecule has 140 valence electrons. The van der Waals surface area contributed by atoms with E-state index in [-0.39, 0.29) is 0 Å². The van der Waals surface area contributed by atoms with Gasteiger partial charge in [-0.2, -0.15) is 13.2 Å². The third kappa shape index (κ3) is 3.83. The molecule has 0 bridgehead atoms. The highest BCUT2D eigenvalue weighted by molar-refractivity contribution is 6.89. The van der Waals surface area contributed by atoms with Gasteiger partial charge in [0.1, 0.15) is 8.07 Å². The predicted octanol–water partition coefficient (Wildman–Crippen LogP) is 3.79. The molecule has 0 saturated carbocycles. The van der Waals surface area contributed by atoms with Crippen molar-refractivity contribution in [3.05, 3.63) is 66.2 Å². The van der Waals surface area contributed by atoms with Crippen LogP contribution in [0.3, 0.4) is 0 Å². The summed E-state index contributed by atoms with van der Waals surface area (Å²) in [7, 11) is -1.89. The molecule has 2 aromatic rings. The molecule has 26 heavy (non-hydrogen) atoms. The van der Waals surface area contributed by atoms with E-state index in [0.29, 0.717) is 0 Å². The molecule has 2 rings (SSSR count). The number of methoxy groups -OCH3 is 1. The van der Waals surface area contributed by atoms with E-state index in [4.69, 9.17) is 10.8 Å². The molecule has 0 aliphatic heterocycles. The van der Waals surface area contributed by atoms with E-state index in [2.05, 4.69) is 0 Å². The van der Waals surface area contributed by atoms with Gasteiger partial charge in [0, 0.05) is 12.7 Å². The monoisotopic (exact) mass is 383 g/mol. The van der Waals surface area contributed by atoms with E-state index in [1.165, 1.54) is 18.2 Å². The summed E-state index contributed by atoms with van der Waals surface area (Å²) in [6, 6.07) is 15.5. The van der Waals surface area contributed by atoms with E-state index < -0.39 is 37.6 Å². The summed E-state index contributed by atoms with van der Waals surface area (Å²) in [6.07, 6.45) is -6.49. The zero-order valence-corrected chi connectivity index (χ0v) is 15.7. The number of esters is 1. The normalized spacial score (nSPS) is 16.3. The lowest BCUT2D eigenvalue weighted by Gasteiger charge is -2.33. The van der Waals surface area contributed by atoms with E-state index >= 15 is 0 Å². The van der Waals surface area contributed by atoms with E-state index in [9.17, 15) is 18.0 Å². The number of halogens is 3. The second kappa shape index (κ2) is 7.63. The van der Waals surface area contributed by atoms with Crippen LogP contribution in [-0.4, -0.2) is 33.5 Å². The maximum absolute atomic E-state index is 13.9. The number of hydrogen-bond acceptors (Lipinski definition) is 3. The predicted molar refractivity (Wildman–Crippen MR) is 95.7 cm³/mol. The molecule has 0 aliphatic rings. The Kier molecular flexibility index (Phi) is 5.48. The SMILES string of the molecule is [2H][C@@H](OC(=O)[C@](OC)(c1ccccc1)C(F)(F)F)[Si](C)(C)c1ccccc1. The molecule has 0 aromatic heterocycles. The van der Waals surface area contributed by atoms with Crippen molar-refractivity contribution in [2.45, 2.75) is 24.9 Å². The number of carbonyl (C=O) groups is 1. The van der Waals surface area contributed by atoms with Crippen LogP contribution in [0.4, 0.5) is 13.2 Å². The van der Waals surface area contributed by atoms with Crippen molar-refractivity contribution in [3.63, 3.8) is 0 Å². The Bertz CT molecular complexity index is 769. The summed E-state index contributed by atoms with van der Waals surface area (Å²) in [5, 5.41) is 0.799. The molecule has 0 N–H and O–H groups in total. The van der Waals surface area contributed by atoms with Crippen LogP contribution in [0.25, 0.3) is 0 Å². The Morgan fingerprint density at radius 2 is 1.54 bits per heavy atom. The van der Waals surface area contributed by atoms with Crippen molar-refractivity contribution < 1.29 is 28.8 Å². The second-order valence-electron chi connectivity index (χ2n) is 6.36. The Morgan fingerprint density at radius 1 is 1.04 bits per heavy atom. The van der Waals surface area contributed by atoms with Crippen LogP contribution < -0.4 is 5.19 Å². The Balaban J connectivity index is 2.40. The van der Waals surface area contributed by atoms with Gasteiger partial charge in [0.05, 0.1) is 7.58 Å². The van der Waals surface area contributed by atoms with Crippen LogP contribution in [-0.2, 0) is 19.9 Å². The fraction of sp³-hybridized carbons (Fsp3) is 0.316. The maximum Gasteiger partial charge on any atom is 0.432 e. The molecular weight excluding hydrogens is 361 g/mol. The molecule has 0 spiro atoms. The highest BCUT2D eigenvalue weighted by Gasteiger charge is 2.64. The van der Waals surface area contributed by atoms with Crippen LogP contribution >= 0.6 is 0 Å². The van der Waals surface area contributed by atoms with E-state index in [0.717, 1.165) is 24.4 Å². The second-order valence-corrected chi connectivity index (χ2v) is 10.6. The first-order chi connectivity index (χ1) is 12.6. The van der Waals surface area contributed by atoms with Gasteiger partial charge in [-0.25, -0.2) is 4.79 Å².